The third-order valence-corrected chi connectivity index (χ3v) is 3.03. The minimum atomic E-state index is -0.295. The molecule has 0 aliphatic rings. The van der Waals surface area contributed by atoms with Gasteiger partial charge >= 0.3 is 5.97 Å². The molecule has 0 aliphatic heterocycles. The first-order valence-electron chi connectivity index (χ1n) is 6.87. The molecule has 0 bridgehead atoms. The lowest BCUT2D eigenvalue weighted by Gasteiger charge is -2.10. The zero-order chi connectivity index (χ0) is 15.0. The summed E-state index contributed by atoms with van der Waals surface area (Å²) in [7, 11) is 0. The van der Waals surface area contributed by atoms with E-state index in [0.717, 1.165) is 5.56 Å². The summed E-state index contributed by atoms with van der Waals surface area (Å²) in [6, 6.07) is 7.17. The van der Waals surface area contributed by atoms with Gasteiger partial charge < -0.3 is 4.74 Å². The number of rotatable bonds is 8. The minimum absolute atomic E-state index is 0.0258. The van der Waals surface area contributed by atoms with Crippen molar-refractivity contribution in [1.29, 1.82) is 0 Å². The van der Waals surface area contributed by atoms with Crippen LogP contribution >= 0.6 is 11.6 Å². The lowest BCUT2D eigenvalue weighted by molar-refractivity contribution is -0.143. The maximum atomic E-state index is 12.1. The van der Waals surface area contributed by atoms with Crippen LogP contribution in [0.2, 0.25) is 0 Å². The van der Waals surface area contributed by atoms with Crippen molar-refractivity contribution in [2.75, 3.05) is 12.5 Å². The van der Waals surface area contributed by atoms with Gasteiger partial charge in [-0.25, -0.2) is 0 Å². The topological polar surface area (TPSA) is 43.4 Å². The average molecular weight is 297 g/mol. The molecule has 20 heavy (non-hydrogen) atoms. The Kier molecular flexibility index (Phi) is 7.31. The van der Waals surface area contributed by atoms with E-state index in [2.05, 4.69) is 0 Å². The maximum Gasteiger partial charge on any atom is 0.310 e. The largest absolute Gasteiger partial charge is 0.465 e. The van der Waals surface area contributed by atoms with E-state index in [1.807, 2.05) is 19.9 Å². The number of alkyl halides is 1. The Hall–Kier alpha value is -1.35. The molecular weight excluding hydrogens is 276 g/mol. The third kappa shape index (κ3) is 5.74. The Balaban J connectivity index is 2.70. The summed E-state index contributed by atoms with van der Waals surface area (Å²) in [6.45, 7) is 4.37. The van der Waals surface area contributed by atoms with Gasteiger partial charge in [-0.05, 0) is 17.9 Å². The van der Waals surface area contributed by atoms with E-state index in [1.54, 1.807) is 18.2 Å². The van der Waals surface area contributed by atoms with E-state index in [-0.39, 0.29) is 18.2 Å². The van der Waals surface area contributed by atoms with Gasteiger partial charge in [0.1, 0.15) is 0 Å². The van der Waals surface area contributed by atoms with Crippen LogP contribution in [0, 0.1) is 5.92 Å². The van der Waals surface area contributed by atoms with Crippen molar-refractivity contribution in [1.82, 2.24) is 0 Å². The number of ether oxygens (including phenoxy) is 1. The first-order valence-corrected chi connectivity index (χ1v) is 7.40. The highest BCUT2D eigenvalue weighted by molar-refractivity contribution is 6.18. The monoisotopic (exact) mass is 296 g/mol. The molecule has 0 saturated carbocycles. The van der Waals surface area contributed by atoms with Crippen LogP contribution in [-0.2, 0) is 16.0 Å². The molecule has 0 unspecified atom stereocenters. The highest BCUT2D eigenvalue weighted by Crippen LogP contribution is 2.14. The molecule has 3 nitrogen and oxygen atoms in total. The quantitative estimate of drug-likeness (QED) is 0.418. The smallest absolute Gasteiger partial charge is 0.310 e. The van der Waals surface area contributed by atoms with Gasteiger partial charge in [-0.3, -0.25) is 9.59 Å². The molecule has 4 heteroatoms. The number of ketones is 1. The van der Waals surface area contributed by atoms with Crippen molar-refractivity contribution in [3.8, 4) is 0 Å². The molecule has 0 aromatic heterocycles. The second kappa shape index (κ2) is 8.75. The van der Waals surface area contributed by atoms with Crippen LogP contribution in [0.5, 0.6) is 0 Å². The number of benzene rings is 1. The Morgan fingerprint density at radius 2 is 1.95 bits per heavy atom. The fraction of sp³-hybridized carbons (Fsp3) is 0.500. The number of carbonyl (C=O) groups is 2. The second-order valence-corrected chi connectivity index (χ2v) is 5.50. The van der Waals surface area contributed by atoms with Crippen LogP contribution in [0.3, 0.4) is 0 Å². The molecule has 0 aliphatic carbocycles. The molecule has 1 rings (SSSR count). The van der Waals surface area contributed by atoms with Gasteiger partial charge in [-0.15, -0.1) is 11.6 Å². The Labute approximate surface area is 125 Å². The predicted molar refractivity (Wildman–Crippen MR) is 80.2 cm³/mol. The van der Waals surface area contributed by atoms with E-state index in [1.165, 1.54) is 0 Å². The summed E-state index contributed by atoms with van der Waals surface area (Å²) >= 11 is 5.60. The molecule has 0 N–H and O–H groups in total. The van der Waals surface area contributed by atoms with E-state index < -0.39 is 0 Å². The van der Waals surface area contributed by atoms with Crippen LogP contribution in [0.4, 0.5) is 0 Å². The molecular formula is C16H21ClO3. The van der Waals surface area contributed by atoms with Crippen LogP contribution in [0.1, 0.15) is 42.6 Å². The molecule has 110 valence electrons. The zero-order valence-corrected chi connectivity index (χ0v) is 12.8. The van der Waals surface area contributed by atoms with E-state index in [0.29, 0.717) is 36.8 Å². The van der Waals surface area contributed by atoms with Gasteiger partial charge in [-0.1, -0.05) is 38.1 Å². The molecule has 0 atom stereocenters. The lowest BCUT2D eigenvalue weighted by Crippen LogP contribution is -2.14. The molecule has 1 aromatic rings. The predicted octanol–water partition coefficient (Wildman–Crippen LogP) is 3.63. The molecule has 0 amide bonds. The molecule has 0 saturated heterocycles. The van der Waals surface area contributed by atoms with Crippen molar-refractivity contribution in [3.63, 3.8) is 0 Å². The van der Waals surface area contributed by atoms with E-state index in [4.69, 9.17) is 16.3 Å². The highest BCUT2D eigenvalue weighted by atomic mass is 35.5. The summed E-state index contributed by atoms with van der Waals surface area (Å²) in [4.78, 5) is 23.8. The average Bonchev–Trinajstić information content (AvgIpc) is 2.43. The lowest BCUT2D eigenvalue weighted by atomic mass is 9.99. The van der Waals surface area contributed by atoms with Crippen molar-refractivity contribution in [2.45, 2.75) is 33.1 Å². The second-order valence-electron chi connectivity index (χ2n) is 5.13. The highest BCUT2D eigenvalue weighted by Gasteiger charge is 2.14. The SMILES string of the molecule is CC(C)COC(=O)Cc1ccccc1C(=O)CCCCl. The van der Waals surface area contributed by atoms with Crippen LogP contribution < -0.4 is 0 Å². The van der Waals surface area contributed by atoms with E-state index in [9.17, 15) is 9.59 Å². The summed E-state index contributed by atoms with van der Waals surface area (Å²) in [5.74, 6) is 0.499. The molecule has 0 heterocycles. The number of carbonyl (C=O) groups excluding carboxylic acids is 2. The first kappa shape index (κ1) is 16.7. The summed E-state index contributed by atoms with van der Waals surface area (Å²) in [6.07, 6.45) is 1.18. The van der Waals surface area contributed by atoms with Crippen LogP contribution in [-0.4, -0.2) is 24.2 Å². The fourth-order valence-corrected chi connectivity index (χ4v) is 1.91. The fourth-order valence-electron chi connectivity index (χ4n) is 1.77. The number of hydrogen-bond acceptors (Lipinski definition) is 3. The summed E-state index contributed by atoms with van der Waals surface area (Å²) in [5.41, 5.74) is 1.32. The first-order chi connectivity index (χ1) is 9.54. The Bertz CT molecular complexity index is 455. The standard InChI is InChI=1S/C16H21ClO3/c1-12(2)11-20-16(19)10-13-6-3-4-7-14(13)15(18)8-5-9-17/h3-4,6-7,12H,5,8-11H2,1-2H3. The van der Waals surface area contributed by atoms with Gasteiger partial charge in [0, 0.05) is 17.9 Å². The van der Waals surface area contributed by atoms with Gasteiger partial charge in [0.25, 0.3) is 0 Å². The van der Waals surface area contributed by atoms with Crippen LogP contribution in [0.15, 0.2) is 24.3 Å². The maximum absolute atomic E-state index is 12.1. The zero-order valence-electron chi connectivity index (χ0n) is 12.0. The number of esters is 1. The number of halogens is 1. The van der Waals surface area contributed by atoms with Gasteiger partial charge in [-0.2, -0.15) is 0 Å². The molecule has 0 spiro atoms. The van der Waals surface area contributed by atoms with Gasteiger partial charge in [0.2, 0.25) is 0 Å². The summed E-state index contributed by atoms with van der Waals surface area (Å²) in [5, 5.41) is 0. The van der Waals surface area contributed by atoms with Crippen molar-refractivity contribution in [2.24, 2.45) is 5.92 Å². The number of hydrogen-bond donors (Lipinski definition) is 0. The Morgan fingerprint density at radius 3 is 2.60 bits per heavy atom. The minimum Gasteiger partial charge on any atom is -0.465 e. The van der Waals surface area contributed by atoms with Gasteiger partial charge in [0.15, 0.2) is 5.78 Å². The molecule has 0 radical (unpaired) electrons. The van der Waals surface area contributed by atoms with Crippen LogP contribution in [0.25, 0.3) is 0 Å². The number of Topliss-reactive ketones (excluding diaryl/α,β-unsaturated/α-hetero) is 1. The third-order valence-electron chi connectivity index (χ3n) is 2.77. The van der Waals surface area contributed by atoms with Crippen molar-refractivity contribution < 1.29 is 14.3 Å². The van der Waals surface area contributed by atoms with Gasteiger partial charge in [0.05, 0.1) is 13.0 Å². The Morgan fingerprint density at radius 1 is 1.25 bits per heavy atom. The summed E-state index contributed by atoms with van der Waals surface area (Å²) < 4.78 is 5.15. The molecule has 0 fully saturated rings. The molecule has 1 aromatic carbocycles. The van der Waals surface area contributed by atoms with Crippen molar-refractivity contribution in [3.05, 3.63) is 35.4 Å². The van der Waals surface area contributed by atoms with Crippen molar-refractivity contribution >= 4 is 23.4 Å². The van der Waals surface area contributed by atoms with E-state index >= 15 is 0 Å². The normalized spacial score (nSPS) is 10.6.